The molecule has 9 amide bonds. The van der Waals surface area contributed by atoms with E-state index in [1.165, 1.54) is 97.5 Å². The fraction of sp³-hybridized carbons (Fsp3) is 0.367. The zero-order valence-electron chi connectivity index (χ0n) is 75.2. The molecule has 1 aliphatic rings. The zero-order chi connectivity index (χ0) is 97.1. The number of nitrogens with zero attached hydrogens (tertiary/aromatic N) is 9. The molecule has 0 saturated heterocycles. The lowest BCUT2D eigenvalue weighted by atomic mass is 9.77. The topological polar surface area (TPSA) is 530 Å². The van der Waals surface area contributed by atoms with Gasteiger partial charge in [0.15, 0.2) is 39.9 Å². The number of pyridine rings is 2. The van der Waals surface area contributed by atoms with Crippen molar-refractivity contribution in [1.82, 2.24) is 29.6 Å². The van der Waals surface area contributed by atoms with Crippen LogP contribution in [0.5, 0.6) is 39.7 Å². The van der Waals surface area contributed by atoms with Gasteiger partial charge in [-0.2, -0.15) is 15.5 Å². The Labute approximate surface area is 766 Å². The average Bonchev–Trinajstić information content (AvgIpc) is 1.19. The molecule has 0 saturated carbocycles. The number of para-hydroxylation sites is 1. The van der Waals surface area contributed by atoms with Crippen molar-refractivity contribution in [3.63, 3.8) is 0 Å². The Bertz CT molecular complexity index is 5690. The third-order valence-corrected chi connectivity index (χ3v) is 21.8. The summed E-state index contributed by atoms with van der Waals surface area (Å²) < 4.78 is 51.8. The number of amides is 9. The summed E-state index contributed by atoms with van der Waals surface area (Å²) in [6.07, 6.45) is 8.45. The number of anilines is 6. The number of hydrogen-bond donors (Lipinski definition) is 9. The van der Waals surface area contributed by atoms with Crippen molar-refractivity contribution < 1.29 is 105 Å². The second-order valence-corrected chi connectivity index (χ2v) is 34.0. The third kappa shape index (κ3) is 31.2. The molecule has 41 heteroatoms. The smallest absolute Gasteiger partial charge is 0.416 e. The number of esters is 2. The number of aryl methyl sites for hydroxylation is 1. The van der Waals surface area contributed by atoms with Crippen LogP contribution in [0.15, 0.2) is 131 Å². The fourth-order valence-electron chi connectivity index (χ4n) is 12.2. The molecule has 698 valence electrons. The van der Waals surface area contributed by atoms with Gasteiger partial charge in [-0.1, -0.05) is 122 Å². The highest BCUT2D eigenvalue weighted by Gasteiger charge is 2.39. The van der Waals surface area contributed by atoms with Crippen LogP contribution in [0, 0.1) is 39.7 Å². The highest BCUT2D eigenvalue weighted by atomic mass is 32.2. The molecule has 0 aliphatic carbocycles. The highest BCUT2D eigenvalue weighted by molar-refractivity contribution is 7.99. The molecule has 1 unspecified atom stereocenters. The molecule has 3 aromatic heterocycles. The normalized spacial score (nSPS) is 11.6. The fourth-order valence-corrected chi connectivity index (χ4v) is 14.8. The van der Waals surface area contributed by atoms with Gasteiger partial charge in [0.05, 0.1) is 77.3 Å². The second kappa shape index (κ2) is 50.3. The summed E-state index contributed by atoms with van der Waals surface area (Å²) >= 11 is 2.06. The van der Waals surface area contributed by atoms with Crippen molar-refractivity contribution in [3.05, 3.63) is 175 Å². The van der Waals surface area contributed by atoms with E-state index in [2.05, 4.69) is 55.1 Å². The van der Waals surface area contributed by atoms with E-state index in [-0.39, 0.29) is 176 Å². The zero-order valence-corrected chi connectivity index (χ0v) is 77.6. The van der Waals surface area contributed by atoms with Gasteiger partial charge in [-0.25, -0.2) is 27.8 Å². The van der Waals surface area contributed by atoms with E-state index in [4.69, 9.17) is 28.9 Å². The molecule has 9 N–H and O–H groups in total. The molecule has 38 nitrogen and oxygen atoms in total. The molecule has 1 atom stereocenters. The van der Waals surface area contributed by atoms with Crippen LogP contribution in [0.2, 0.25) is 0 Å². The van der Waals surface area contributed by atoms with Gasteiger partial charge in [-0.15, -0.1) is 11.3 Å². The Morgan fingerprint density at radius 1 is 0.664 bits per heavy atom. The Hall–Kier alpha value is -14.5. The standard InChI is InChI=1S/C29H39N3O6S.C26H26N4O6S.C22H26N4O7S.C13H16N4O4/c1-5-8-10-12-16-31(17-13-11-9-6-2)27(33)22-14-15-25(24(19-22)32(35)36)38-29-21(4)18-26(39-29)23(20-30)28(34)37-7-3;1-5-21(32)27-18-14-19(31)22(28-23(33)15-9-7-6-8-10-15)29-24(18)37-20-12-11-16(25(34)30(2)3)13-17(20)26(35)36-4;1-22(2)11-16(27)24-18-15(33-21(30)26(3)4)10-14(19(28)17(18)22)23-20(29)12-8-6-7-9-13(12)25-34(5,31)32;1-3-10(19)15-12-9(18)5-6-11(16-12)21-13(20)17(2)8-4-7-14/h14-15,18-19,23H,5-13,16-17H2,1-4H3;6-14,31H,5H2,1-4H3,(H,27,32)(H,28,29,33);6-10,25,28H,11H2,1-5H3,(H,23,29)(H,24,27);5-6,18H,3-4,8H2,1-2H3,(H,15,16,19). The number of methoxy groups -OCH3 is 1. The minimum atomic E-state index is -3.66. The summed E-state index contributed by atoms with van der Waals surface area (Å²) in [5, 5.41) is 74.4. The molecule has 5 aromatic carbocycles. The number of sulfonamides is 1. The van der Waals surface area contributed by atoms with Gasteiger partial charge >= 0.3 is 29.8 Å². The van der Waals surface area contributed by atoms with Crippen LogP contribution in [0.3, 0.4) is 0 Å². The second-order valence-electron chi connectivity index (χ2n) is 30.2. The van der Waals surface area contributed by atoms with Gasteiger partial charge < -0.3 is 85.2 Å². The number of aromatic hydroxyl groups is 3. The minimum absolute atomic E-state index is 0.00412. The lowest BCUT2D eigenvalue weighted by Gasteiger charge is -2.34. The number of nitrogens with one attached hydrogen (secondary N) is 6. The van der Waals surface area contributed by atoms with E-state index in [1.807, 2.05) is 12.1 Å². The molecule has 0 bridgehead atoms. The van der Waals surface area contributed by atoms with Crippen molar-refractivity contribution in [3.8, 4) is 51.8 Å². The number of carbonyl (C=O) groups excluding carboxylic acids is 11. The van der Waals surface area contributed by atoms with Crippen LogP contribution < -0.4 is 45.5 Å². The van der Waals surface area contributed by atoms with Crippen molar-refractivity contribution in [2.24, 2.45) is 0 Å². The van der Waals surface area contributed by atoms with E-state index in [9.17, 15) is 91.9 Å². The third-order valence-electron chi connectivity index (χ3n) is 18.9. The minimum Gasteiger partial charge on any atom is -0.505 e. The summed E-state index contributed by atoms with van der Waals surface area (Å²) in [5.74, 6) is -6.41. The number of phenols is 1. The van der Waals surface area contributed by atoms with Gasteiger partial charge in [0, 0.05) is 141 Å². The van der Waals surface area contributed by atoms with E-state index in [0.717, 1.165) is 80.7 Å². The maximum absolute atomic E-state index is 13.4. The van der Waals surface area contributed by atoms with Gasteiger partial charge in [0.2, 0.25) is 39.4 Å². The molecule has 9 rings (SSSR count). The number of phenolic OH excluding ortho intramolecular Hbond substituents is 1. The van der Waals surface area contributed by atoms with E-state index >= 15 is 0 Å². The number of benzene rings is 5. The van der Waals surface area contributed by atoms with Gasteiger partial charge in [-0.05, 0) is 93.4 Å². The van der Waals surface area contributed by atoms with Crippen molar-refractivity contribution >= 4 is 139 Å². The maximum Gasteiger partial charge on any atom is 0.416 e. The van der Waals surface area contributed by atoms with E-state index in [0.29, 0.717) is 39.1 Å². The molecular formula is C90H107N15O23S3. The summed E-state index contributed by atoms with van der Waals surface area (Å²) in [6.45, 7) is 16.1. The Morgan fingerprint density at radius 2 is 1.29 bits per heavy atom. The van der Waals surface area contributed by atoms with Crippen LogP contribution in [0.4, 0.5) is 49.7 Å². The Balaban J connectivity index is 0.000000274. The molecule has 131 heavy (non-hydrogen) atoms. The largest absolute Gasteiger partial charge is 0.505 e. The van der Waals surface area contributed by atoms with Gasteiger partial charge in [0.1, 0.15) is 10.8 Å². The number of aromatic nitrogens is 2. The SMILES string of the molecule is CCC(=O)Nc1cc(O)c(NC(=O)c2ccccc2)nc1Sc1ccc(C(=O)N(C)C)cc1C(=O)OC.CCC(=O)Nc1nc(OC(=O)N(C)CCC#N)ccc1O.CCCCCCN(CCCCCC)C(=O)c1ccc(Oc2sc(C(C#N)C(=O)OCC)cc2C)c([N+](=O)[O-])c1.CN(C)C(=O)Oc1cc(NC(=O)c2ccccc2NS(C)(=O)=O)c(O)c2c1NC(=O)CC2(C)C. The predicted molar refractivity (Wildman–Crippen MR) is 491 cm³/mol. The number of carbonyl (C=O) groups is 11. The number of thiophene rings is 1. The number of nitro groups is 1. The summed E-state index contributed by atoms with van der Waals surface area (Å²) in [4.78, 5) is 162. The first-order chi connectivity index (χ1) is 62.1. The first kappa shape index (κ1) is 105. The number of nitro benzene ring substituents is 1. The predicted octanol–water partition coefficient (Wildman–Crippen LogP) is 15.7. The molecule has 4 heterocycles. The summed E-state index contributed by atoms with van der Waals surface area (Å²) in [6, 6.07) is 33.7. The highest BCUT2D eigenvalue weighted by Crippen LogP contribution is 2.51. The van der Waals surface area contributed by atoms with Crippen LogP contribution in [-0.4, -0.2) is 199 Å². The van der Waals surface area contributed by atoms with Crippen LogP contribution in [0.25, 0.3) is 0 Å². The number of ether oxygens (including phenoxy) is 5. The number of hydrogen-bond acceptors (Lipinski definition) is 29. The number of fused-ring (bicyclic) bond motifs is 1. The summed E-state index contributed by atoms with van der Waals surface area (Å²) in [5.41, 5.74) is 1.01. The molecule has 1 aliphatic heterocycles. The monoisotopic (exact) mass is 1860 g/mol. The molecule has 0 fully saturated rings. The molecule has 0 spiro atoms. The quantitative estimate of drug-likeness (QED) is 0.00585. The molecule has 8 aromatic rings. The number of rotatable bonds is 35. The Morgan fingerprint density at radius 3 is 1.89 bits per heavy atom. The Kier molecular flexibility index (Phi) is 40.5. The van der Waals surface area contributed by atoms with Crippen molar-refractivity contribution in [2.45, 2.75) is 154 Å². The summed E-state index contributed by atoms with van der Waals surface area (Å²) in [7, 11) is 5.20. The van der Waals surface area contributed by atoms with E-state index in [1.54, 1.807) is 127 Å². The van der Waals surface area contributed by atoms with Crippen molar-refractivity contribution in [2.75, 3.05) is 106 Å². The number of unbranched alkanes of at least 4 members (excludes halogenated alkanes) is 6. The number of nitriles is 2. The van der Waals surface area contributed by atoms with Crippen LogP contribution in [0.1, 0.15) is 199 Å². The van der Waals surface area contributed by atoms with Gasteiger partial charge in [0.25, 0.3) is 23.6 Å². The first-order valence-corrected chi connectivity index (χ1v) is 44.8. The molecular weight excluding hydrogens is 1760 g/mol. The van der Waals surface area contributed by atoms with Crippen LogP contribution in [-0.2, 0) is 44.1 Å². The maximum atomic E-state index is 13.4. The van der Waals surface area contributed by atoms with E-state index < -0.39 is 62.2 Å². The van der Waals surface area contributed by atoms with Crippen LogP contribution >= 0.6 is 23.1 Å². The lowest BCUT2D eigenvalue weighted by Crippen LogP contribution is -2.34. The first-order valence-electron chi connectivity index (χ1n) is 41.3. The van der Waals surface area contributed by atoms with Crippen molar-refractivity contribution in [1.29, 1.82) is 10.5 Å². The van der Waals surface area contributed by atoms with Gasteiger partial charge in [-0.3, -0.25) is 53.2 Å². The molecule has 0 radical (unpaired) electrons. The average molecular weight is 1860 g/mol. The lowest BCUT2D eigenvalue weighted by molar-refractivity contribution is -0.385.